The average Bonchev–Trinajstić information content (AvgIpc) is 2.69. The highest BCUT2D eigenvalue weighted by Crippen LogP contribution is 2.38. The van der Waals surface area contributed by atoms with Gasteiger partial charge in [0.05, 0.1) is 5.69 Å². The largest absolute Gasteiger partial charge is 0.356 e. The van der Waals surface area contributed by atoms with Crippen molar-refractivity contribution in [1.29, 1.82) is 0 Å². The summed E-state index contributed by atoms with van der Waals surface area (Å²) in [6, 6.07) is 18.2. The predicted octanol–water partition coefficient (Wildman–Crippen LogP) is 4.04. The van der Waals surface area contributed by atoms with Crippen molar-refractivity contribution in [3.63, 3.8) is 0 Å². The number of hydrogen-bond acceptors (Lipinski definition) is 3. The quantitative estimate of drug-likeness (QED) is 0.735. The van der Waals surface area contributed by atoms with Gasteiger partial charge in [0, 0.05) is 36.1 Å². The van der Waals surface area contributed by atoms with Crippen molar-refractivity contribution in [2.75, 3.05) is 18.0 Å². The highest BCUT2D eigenvalue weighted by molar-refractivity contribution is 8.00. The second-order valence-electron chi connectivity index (χ2n) is 6.84. The van der Waals surface area contributed by atoms with Crippen LogP contribution in [0.4, 0.5) is 5.69 Å². The Bertz CT molecular complexity index is 779. The molecule has 0 bridgehead atoms. The van der Waals surface area contributed by atoms with E-state index in [9.17, 15) is 9.59 Å². The first kappa shape index (κ1) is 19.5. The predicted molar refractivity (Wildman–Crippen MR) is 111 cm³/mol. The van der Waals surface area contributed by atoms with Crippen LogP contribution >= 0.6 is 11.8 Å². The zero-order valence-corrected chi connectivity index (χ0v) is 16.5. The zero-order chi connectivity index (χ0) is 19.1. The Kier molecular flexibility index (Phi) is 6.93. The lowest BCUT2D eigenvalue weighted by molar-refractivity contribution is -0.125. The number of anilines is 1. The Morgan fingerprint density at radius 3 is 2.63 bits per heavy atom. The van der Waals surface area contributed by atoms with Gasteiger partial charge in [-0.25, -0.2) is 0 Å². The van der Waals surface area contributed by atoms with Gasteiger partial charge in [0.2, 0.25) is 11.8 Å². The van der Waals surface area contributed by atoms with E-state index in [0.29, 0.717) is 18.3 Å². The van der Waals surface area contributed by atoms with E-state index in [1.54, 1.807) is 11.8 Å². The van der Waals surface area contributed by atoms with E-state index in [-0.39, 0.29) is 24.7 Å². The van der Waals surface area contributed by atoms with E-state index in [2.05, 4.69) is 30.4 Å². The molecule has 0 unspecified atom stereocenters. The fraction of sp³-hybridized carbons (Fsp3) is 0.364. The molecule has 1 aliphatic rings. The van der Waals surface area contributed by atoms with Crippen molar-refractivity contribution in [2.24, 2.45) is 0 Å². The van der Waals surface area contributed by atoms with E-state index in [1.165, 1.54) is 5.56 Å². The number of rotatable bonds is 7. The van der Waals surface area contributed by atoms with Crippen LogP contribution in [0.5, 0.6) is 0 Å². The summed E-state index contributed by atoms with van der Waals surface area (Å²) in [7, 11) is 0. The summed E-state index contributed by atoms with van der Waals surface area (Å²) in [5.41, 5.74) is 2.24. The number of para-hydroxylation sites is 1. The Balaban J connectivity index is 1.42. The highest BCUT2D eigenvalue weighted by atomic mass is 32.2. The van der Waals surface area contributed by atoms with E-state index in [1.807, 2.05) is 41.3 Å². The molecule has 2 amide bonds. The molecule has 1 aliphatic heterocycles. The summed E-state index contributed by atoms with van der Waals surface area (Å²) in [6.45, 7) is 3.46. The molecule has 0 aliphatic carbocycles. The van der Waals surface area contributed by atoms with E-state index >= 15 is 0 Å². The van der Waals surface area contributed by atoms with Crippen molar-refractivity contribution in [3.8, 4) is 0 Å². The average molecular weight is 383 g/mol. The maximum absolute atomic E-state index is 12.7. The monoisotopic (exact) mass is 382 g/mol. The van der Waals surface area contributed by atoms with Crippen molar-refractivity contribution >= 4 is 29.3 Å². The van der Waals surface area contributed by atoms with Crippen LogP contribution in [0.15, 0.2) is 59.5 Å². The summed E-state index contributed by atoms with van der Waals surface area (Å²) < 4.78 is 0. The highest BCUT2D eigenvalue weighted by Gasteiger charge is 2.26. The van der Waals surface area contributed by atoms with Crippen LogP contribution in [0, 0.1) is 0 Å². The number of carbonyl (C=O) groups excluding carboxylic acids is 2. The number of fused-ring (bicyclic) bond motifs is 1. The molecule has 142 valence electrons. The van der Waals surface area contributed by atoms with Crippen LogP contribution in [0.2, 0.25) is 0 Å². The van der Waals surface area contributed by atoms with Crippen LogP contribution in [-0.2, 0) is 16.0 Å². The van der Waals surface area contributed by atoms with Crippen molar-refractivity contribution in [2.45, 2.75) is 42.8 Å². The van der Waals surface area contributed by atoms with Crippen LogP contribution in [0.3, 0.4) is 0 Å². The number of nitrogens with zero attached hydrogens (tertiary/aromatic N) is 1. The summed E-state index contributed by atoms with van der Waals surface area (Å²) >= 11 is 1.80. The molecule has 2 aromatic carbocycles. The Labute approximate surface area is 165 Å². The molecule has 0 saturated heterocycles. The third kappa shape index (κ3) is 5.60. The van der Waals surface area contributed by atoms with E-state index in [4.69, 9.17) is 0 Å². The molecule has 0 spiro atoms. The first-order chi connectivity index (χ1) is 13.1. The molecule has 0 saturated carbocycles. The van der Waals surface area contributed by atoms with Crippen LogP contribution < -0.4 is 10.2 Å². The van der Waals surface area contributed by atoms with Gasteiger partial charge in [-0.1, -0.05) is 49.4 Å². The Hall–Kier alpha value is -2.27. The maximum Gasteiger partial charge on any atom is 0.227 e. The fourth-order valence-corrected chi connectivity index (χ4v) is 4.35. The smallest absolute Gasteiger partial charge is 0.227 e. The molecular formula is C22H26N2O2S. The molecule has 3 rings (SSSR count). The minimum atomic E-state index is -0.0517. The van der Waals surface area contributed by atoms with E-state index < -0.39 is 0 Å². The minimum absolute atomic E-state index is 0.0223. The number of benzene rings is 2. The van der Waals surface area contributed by atoms with Gasteiger partial charge < -0.3 is 10.2 Å². The first-order valence-electron chi connectivity index (χ1n) is 9.50. The van der Waals surface area contributed by atoms with Crippen molar-refractivity contribution < 1.29 is 9.59 Å². The number of hydrogen-bond donors (Lipinski definition) is 1. The summed E-state index contributed by atoms with van der Waals surface area (Å²) in [5.74, 6) is -0.0295. The molecular weight excluding hydrogens is 356 g/mol. The molecule has 4 nitrogen and oxygen atoms in total. The molecule has 1 atom stereocenters. The van der Waals surface area contributed by atoms with Crippen molar-refractivity contribution in [3.05, 3.63) is 60.2 Å². The molecule has 1 heterocycles. The van der Waals surface area contributed by atoms with Gasteiger partial charge in [-0.05, 0) is 30.5 Å². The van der Waals surface area contributed by atoms with Crippen LogP contribution in [0.25, 0.3) is 0 Å². The molecule has 27 heavy (non-hydrogen) atoms. The minimum Gasteiger partial charge on any atom is -0.356 e. The molecule has 2 aromatic rings. The molecule has 1 N–H and O–H groups in total. The van der Waals surface area contributed by atoms with Gasteiger partial charge in [-0.2, -0.15) is 0 Å². The second kappa shape index (κ2) is 9.60. The van der Waals surface area contributed by atoms with Gasteiger partial charge in [-0.3, -0.25) is 9.59 Å². The SMILES string of the molecule is C[C@H]1CN(C(=O)CCC(=O)NCCCc2ccccc2)c2ccccc2S1. The van der Waals surface area contributed by atoms with Gasteiger partial charge >= 0.3 is 0 Å². The fourth-order valence-electron chi connectivity index (χ4n) is 3.23. The third-order valence-electron chi connectivity index (χ3n) is 4.60. The van der Waals surface area contributed by atoms with Crippen LogP contribution in [-0.4, -0.2) is 30.2 Å². The van der Waals surface area contributed by atoms with Gasteiger partial charge in [0.1, 0.15) is 0 Å². The Morgan fingerprint density at radius 1 is 1.07 bits per heavy atom. The molecule has 0 aromatic heterocycles. The summed E-state index contributed by atoms with van der Waals surface area (Å²) in [6.07, 6.45) is 2.33. The number of thioether (sulfide) groups is 1. The normalized spacial score (nSPS) is 15.9. The maximum atomic E-state index is 12.7. The number of amides is 2. The van der Waals surface area contributed by atoms with Gasteiger partial charge in [0.25, 0.3) is 0 Å². The number of carbonyl (C=O) groups is 2. The summed E-state index contributed by atoms with van der Waals surface area (Å²) in [5, 5.41) is 3.28. The summed E-state index contributed by atoms with van der Waals surface area (Å²) in [4.78, 5) is 27.7. The van der Waals surface area contributed by atoms with E-state index in [0.717, 1.165) is 23.4 Å². The molecule has 5 heteroatoms. The van der Waals surface area contributed by atoms with Crippen LogP contribution in [0.1, 0.15) is 31.7 Å². The molecule has 0 radical (unpaired) electrons. The standard InChI is InChI=1S/C22H26N2O2S/c1-17-16-24(19-11-5-6-12-20(19)27-17)22(26)14-13-21(25)23-15-7-10-18-8-3-2-4-9-18/h2-6,8-9,11-12,17H,7,10,13-16H2,1H3,(H,23,25)/t17-/m0/s1. The topological polar surface area (TPSA) is 49.4 Å². The zero-order valence-electron chi connectivity index (χ0n) is 15.7. The first-order valence-corrected chi connectivity index (χ1v) is 10.4. The van der Waals surface area contributed by atoms with Gasteiger partial charge in [0.15, 0.2) is 0 Å². The number of aryl methyl sites for hydroxylation is 1. The Morgan fingerprint density at radius 2 is 1.81 bits per heavy atom. The molecule has 0 fully saturated rings. The van der Waals surface area contributed by atoms with Crippen molar-refractivity contribution in [1.82, 2.24) is 5.32 Å². The lowest BCUT2D eigenvalue weighted by Gasteiger charge is -2.32. The second-order valence-corrected chi connectivity index (χ2v) is 8.32. The van der Waals surface area contributed by atoms with Gasteiger partial charge in [-0.15, -0.1) is 11.8 Å². The number of nitrogens with one attached hydrogen (secondary N) is 1. The lowest BCUT2D eigenvalue weighted by Crippen LogP contribution is -2.39. The lowest BCUT2D eigenvalue weighted by atomic mass is 10.1. The third-order valence-corrected chi connectivity index (χ3v) is 5.75.